The van der Waals surface area contributed by atoms with Gasteiger partial charge in [-0.2, -0.15) is 5.10 Å². The van der Waals surface area contributed by atoms with Crippen LogP contribution in [-0.2, 0) is 13.7 Å². The molecule has 1 aliphatic rings. The molecule has 4 nitrogen and oxygen atoms in total. The lowest BCUT2D eigenvalue weighted by Crippen LogP contribution is -2.30. The molecule has 4 heteroatoms. The highest BCUT2D eigenvalue weighted by Crippen LogP contribution is 2.25. The van der Waals surface area contributed by atoms with E-state index in [0.717, 1.165) is 36.6 Å². The zero-order valence-corrected chi connectivity index (χ0v) is 10.2. The van der Waals surface area contributed by atoms with Crippen LogP contribution in [0.5, 0.6) is 0 Å². The number of rotatable bonds is 2. The van der Waals surface area contributed by atoms with Crippen molar-refractivity contribution in [2.75, 3.05) is 18.0 Å². The summed E-state index contributed by atoms with van der Waals surface area (Å²) in [7, 11) is 1.94. The minimum atomic E-state index is 0.0637. The average Bonchev–Trinajstić information content (AvgIpc) is 2.54. The monoisotopic (exact) mass is 221 g/mol. The summed E-state index contributed by atoms with van der Waals surface area (Å²) >= 11 is 0. The van der Waals surface area contributed by atoms with Gasteiger partial charge in [0.2, 0.25) is 0 Å². The largest absolute Gasteiger partial charge is 0.391 e. The van der Waals surface area contributed by atoms with E-state index < -0.39 is 0 Å². The van der Waals surface area contributed by atoms with Gasteiger partial charge in [0.1, 0.15) is 5.82 Å². The van der Waals surface area contributed by atoms with Crippen LogP contribution in [0.4, 0.5) is 5.82 Å². The van der Waals surface area contributed by atoms with Gasteiger partial charge in [0, 0.05) is 25.7 Å². The Hall–Kier alpha value is -1.29. The Labute approximate surface area is 96.2 Å². The molecule has 0 unspecified atom stereocenters. The topological polar surface area (TPSA) is 41.3 Å². The van der Waals surface area contributed by atoms with Crippen molar-refractivity contribution in [2.45, 2.75) is 26.9 Å². The highest BCUT2D eigenvalue weighted by atomic mass is 16.3. The summed E-state index contributed by atoms with van der Waals surface area (Å²) in [6.45, 7) is 6.10. The Kier molecular flexibility index (Phi) is 3.01. The number of aliphatic hydroxyl groups excluding tert-OH is 1. The van der Waals surface area contributed by atoms with Crippen LogP contribution in [0.2, 0.25) is 0 Å². The number of aryl methyl sites for hydroxylation is 2. The van der Waals surface area contributed by atoms with Gasteiger partial charge >= 0.3 is 0 Å². The first-order valence-corrected chi connectivity index (χ1v) is 5.67. The highest BCUT2D eigenvalue weighted by molar-refractivity contribution is 5.51. The number of nitrogens with zero attached hydrogens (tertiary/aromatic N) is 3. The van der Waals surface area contributed by atoms with Crippen molar-refractivity contribution < 1.29 is 5.11 Å². The first-order chi connectivity index (χ1) is 7.63. The molecule has 0 spiro atoms. The number of aliphatic hydroxyl groups is 1. The van der Waals surface area contributed by atoms with Crippen molar-refractivity contribution in [3.63, 3.8) is 0 Å². The van der Waals surface area contributed by atoms with Gasteiger partial charge in [-0.05, 0) is 20.3 Å². The fourth-order valence-electron chi connectivity index (χ4n) is 2.23. The fourth-order valence-corrected chi connectivity index (χ4v) is 2.23. The third kappa shape index (κ3) is 1.85. The molecular weight excluding hydrogens is 202 g/mol. The summed E-state index contributed by atoms with van der Waals surface area (Å²) in [6.07, 6.45) is 3.34. The molecule has 0 amide bonds. The molecule has 0 bridgehead atoms. The molecule has 16 heavy (non-hydrogen) atoms. The number of hydrogen-bond donors (Lipinski definition) is 1. The van der Waals surface area contributed by atoms with Crippen LogP contribution in [0.1, 0.15) is 24.6 Å². The lowest BCUT2D eigenvalue weighted by atomic mass is 10.1. The molecule has 2 rings (SSSR count). The van der Waals surface area contributed by atoms with Gasteiger partial charge < -0.3 is 10.0 Å². The zero-order chi connectivity index (χ0) is 11.7. The lowest BCUT2D eigenvalue weighted by molar-refractivity contribution is 0.281. The normalized spacial score (nSPS) is 16.5. The molecule has 1 N–H and O–H groups in total. The predicted octanol–water partition coefficient (Wildman–Crippen LogP) is 1.38. The molecule has 1 aromatic heterocycles. The average molecular weight is 221 g/mol. The van der Waals surface area contributed by atoms with Crippen molar-refractivity contribution in [1.29, 1.82) is 0 Å². The first kappa shape index (κ1) is 11.2. The van der Waals surface area contributed by atoms with E-state index in [1.165, 1.54) is 5.57 Å². The summed E-state index contributed by atoms with van der Waals surface area (Å²) in [5.41, 5.74) is 3.32. The summed E-state index contributed by atoms with van der Waals surface area (Å²) < 4.78 is 1.87. The van der Waals surface area contributed by atoms with Crippen LogP contribution in [0.15, 0.2) is 11.6 Å². The van der Waals surface area contributed by atoms with Crippen LogP contribution >= 0.6 is 0 Å². The Morgan fingerprint density at radius 3 is 2.75 bits per heavy atom. The quantitative estimate of drug-likeness (QED) is 0.767. The van der Waals surface area contributed by atoms with Crippen LogP contribution in [0.25, 0.3) is 0 Å². The predicted molar refractivity (Wildman–Crippen MR) is 64.5 cm³/mol. The second-order valence-electron chi connectivity index (χ2n) is 4.42. The highest BCUT2D eigenvalue weighted by Gasteiger charge is 2.19. The Balaban J connectivity index is 2.33. The Morgan fingerprint density at radius 1 is 1.44 bits per heavy atom. The van der Waals surface area contributed by atoms with E-state index in [0.29, 0.717) is 0 Å². The number of anilines is 1. The molecule has 0 aliphatic carbocycles. The minimum absolute atomic E-state index is 0.0637. The Morgan fingerprint density at radius 2 is 2.19 bits per heavy atom. The van der Waals surface area contributed by atoms with E-state index in [1.54, 1.807) is 0 Å². The van der Waals surface area contributed by atoms with Crippen LogP contribution in [0, 0.1) is 6.92 Å². The van der Waals surface area contributed by atoms with Crippen LogP contribution in [0.3, 0.4) is 0 Å². The van der Waals surface area contributed by atoms with Gasteiger partial charge in [0.25, 0.3) is 0 Å². The first-order valence-electron chi connectivity index (χ1n) is 5.67. The van der Waals surface area contributed by atoms with E-state index in [-0.39, 0.29) is 6.61 Å². The summed E-state index contributed by atoms with van der Waals surface area (Å²) in [5.74, 6) is 1.06. The van der Waals surface area contributed by atoms with Crippen molar-refractivity contribution >= 4 is 5.82 Å². The maximum Gasteiger partial charge on any atom is 0.132 e. The molecule has 0 aromatic carbocycles. The summed E-state index contributed by atoms with van der Waals surface area (Å²) in [4.78, 5) is 2.28. The zero-order valence-electron chi connectivity index (χ0n) is 10.2. The molecule has 0 atom stereocenters. The second kappa shape index (κ2) is 4.29. The van der Waals surface area contributed by atoms with E-state index >= 15 is 0 Å². The van der Waals surface area contributed by atoms with Crippen molar-refractivity contribution in [3.05, 3.63) is 22.9 Å². The van der Waals surface area contributed by atoms with Gasteiger partial charge in [-0.25, -0.2) is 0 Å². The van der Waals surface area contributed by atoms with E-state index in [4.69, 9.17) is 0 Å². The molecule has 0 saturated heterocycles. The molecular formula is C12H19N3O. The molecule has 2 heterocycles. The standard InChI is InChI=1S/C12H19N3O/c1-9-4-6-15(7-5-9)12-11(8-16)10(2)13-14(12)3/h4,16H,5-8H2,1-3H3. The number of hydrogen-bond acceptors (Lipinski definition) is 3. The molecule has 0 saturated carbocycles. The van der Waals surface area contributed by atoms with E-state index in [9.17, 15) is 5.11 Å². The van der Waals surface area contributed by atoms with Crippen molar-refractivity contribution in [1.82, 2.24) is 9.78 Å². The lowest BCUT2D eigenvalue weighted by Gasteiger charge is -2.28. The smallest absolute Gasteiger partial charge is 0.132 e. The third-order valence-electron chi connectivity index (χ3n) is 3.21. The van der Waals surface area contributed by atoms with E-state index in [1.807, 2.05) is 18.7 Å². The van der Waals surface area contributed by atoms with E-state index in [2.05, 4.69) is 23.0 Å². The summed E-state index contributed by atoms with van der Waals surface area (Å²) in [5, 5.41) is 13.8. The van der Waals surface area contributed by atoms with Gasteiger partial charge in [0.05, 0.1) is 12.3 Å². The minimum Gasteiger partial charge on any atom is -0.391 e. The molecule has 88 valence electrons. The van der Waals surface area contributed by atoms with Gasteiger partial charge in [-0.15, -0.1) is 0 Å². The van der Waals surface area contributed by atoms with Gasteiger partial charge in [-0.1, -0.05) is 11.6 Å². The third-order valence-corrected chi connectivity index (χ3v) is 3.21. The van der Waals surface area contributed by atoms with Gasteiger partial charge in [-0.3, -0.25) is 4.68 Å². The summed E-state index contributed by atoms with van der Waals surface area (Å²) in [6, 6.07) is 0. The SMILES string of the molecule is CC1=CCN(c2c(CO)c(C)nn2C)CC1. The second-order valence-corrected chi connectivity index (χ2v) is 4.42. The molecule has 1 aliphatic heterocycles. The van der Waals surface area contributed by atoms with Crippen LogP contribution in [-0.4, -0.2) is 28.0 Å². The number of aromatic nitrogens is 2. The van der Waals surface area contributed by atoms with Crippen molar-refractivity contribution in [2.24, 2.45) is 7.05 Å². The Bertz CT molecular complexity index is 420. The van der Waals surface area contributed by atoms with Crippen LogP contribution < -0.4 is 4.90 Å². The fraction of sp³-hybridized carbons (Fsp3) is 0.583. The maximum atomic E-state index is 9.40. The van der Waals surface area contributed by atoms with Crippen molar-refractivity contribution in [3.8, 4) is 0 Å². The molecule has 0 fully saturated rings. The van der Waals surface area contributed by atoms with Gasteiger partial charge in [0.15, 0.2) is 0 Å². The maximum absolute atomic E-state index is 9.40. The molecule has 1 aromatic rings. The molecule has 0 radical (unpaired) electrons.